The van der Waals surface area contributed by atoms with Gasteiger partial charge in [-0.25, -0.2) is 4.79 Å². The zero-order chi connectivity index (χ0) is 12.5. The monoisotopic (exact) mass is 266 g/mol. The van der Waals surface area contributed by atoms with Crippen molar-refractivity contribution in [2.45, 2.75) is 0 Å². The third-order valence-electron chi connectivity index (χ3n) is 1.66. The van der Waals surface area contributed by atoms with E-state index in [0.717, 1.165) is 18.2 Å². The molecule has 0 unspecified atom stereocenters. The van der Waals surface area contributed by atoms with Crippen LogP contribution in [0, 0.1) is 10.1 Å². The Kier molecular flexibility index (Phi) is 3.57. The van der Waals surface area contributed by atoms with Crippen molar-refractivity contribution in [3.8, 4) is 0 Å². The molecule has 1 rings (SSSR count). The number of hydrogen-bond acceptors (Lipinski definition) is 6. The molecule has 1 aromatic rings. The van der Waals surface area contributed by atoms with Crippen LogP contribution in [-0.2, 0) is 0 Å². The maximum absolute atomic E-state index is 11.2. The lowest BCUT2D eigenvalue weighted by atomic mass is 10.2. The average Bonchev–Trinajstić information content (AvgIpc) is 2.15. The average molecular weight is 267 g/mol. The van der Waals surface area contributed by atoms with Gasteiger partial charge in [0, 0.05) is 6.07 Å². The second-order valence-corrected chi connectivity index (χ2v) is 4.75. The van der Waals surface area contributed by atoms with Crippen LogP contribution in [0.2, 0.25) is 5.02 Å². The van der Waals surface area contributed by atoms with Crippen molar-refractivity contribution in [1.82, 2.24) is 0 Å². The minimum absolute atomic E-state index is 0.195. The summed E-state index contributed by atoms with van der Waals surface area (Å²) in [5, 5.41) is 10.3. The Balaban J connectivity index is 3.24. The topological polar surface area (TPSA) is 121 Å². The van der Waals surface area contributed by atoms with E-state index < -0.39 is 29.6 Å². The number of hydrogen-bond donors (Lipinski definition) is 3. The molecule has 1 aromatic carbocycles. The molecule has 0 bridgehead atoms. The lowest BCUT2D eigenvalue weighted by molar-refractivity contribution is -0.384. The molecule has 3 N–H and O–H groups in total. The van der Waals surface area contributed by atoms with Crippen LogP contribution in [0.3, 0.4) is 0 Å². The van der Waals surface area contributed by atoms with Crippen molar-refractivity contribution >= 4 is 30.8 Å². The van der Waals surface area contributed by atoms with Gasteiger partial charge in [-0.15, -0.1) is 0 Å². The minimum atomic E-state index is -4.70. The zero-order valence-electron chi connectivity index (χ0n) is 7.57. The van der Waals surface area contributed by atoms with Crippen molar-refractivity contribution < 1.29 is 24.4 Å². The second-order valence-electron chi connectivity index (χ2n) is 2.80. The largest absolute Gasteiger partial charge is 0.483 e. The van der Waals surface area contributed by atoms with Gasteiger partial charge in [0.25, 0.3) is 5.69 Å². The molecular formula is C7H6ClNO6P+. The number of benzene rings is 1. The van der Waals surface area contributed by atoms with Gasteiger partial charge in [-0.3, -0.25) is 10.1 Å². The summed E-state index contributed by atoms with van der Waals surface area (Å²) in [6.07, 6.45) is 0. The summed E-state index contributed by atoms with van der Waals surface area (Å²) < 4.78 is 0. The smallest absolute Gasteiger partial charge is 0.258 e. The molecule has 0 fully saturated rings. The lowest BCUT2D eigenvalue weighted by Crippen LogP contribution is -2.06. The molecular weight excluding hydrogens is 261 g/mol. The van der Waals surface area contributed by atoms with Crippen LogP contribution >= 0.6 is 19.5 Å². The van der Waals surface area contributed by atoms with E-state index in [9.17, 15) is 14.9 Å². The summed E-state index contributed by atoms with van der Waals surface area (Å²) in [5.74, 6) is 0. The summed E-state index contributed by atoms with van der Waals surface area (Å²) >= 11 is 5.48. The molecule has 16 heavy (non-hydrogen) atoms. The first-order valence-corrected chi connectivity index (χ1v) is 5.82. The third kappa shape index (κ3) is 2.72. The SMILES string of the molecule is O=C(c1ccc(Cl)c([N+](=O)[O-])c1)[P+](O)(O)O. The number of rotatable bonds is 3. The first kappa shape index (κ1) is 13.0. The molecule has 0 aliphatic heterocycles. The standard InChI is InChI=1S/C7H6ClNO6P/c8-5-2-1-4(3-6(5)9(11)12)7(10)16(13,14)15/h1-3,13-15H/q+1. The van der Waals surface area contributed by atoms with Gasteiger partial charge in [0.2, 0.25) is 0 Å². The molecule has 0 aliphatic carbocycles. The molecule has 9 heteroatoms. The van der Waals surface area contributed by atoms with Gasteiger partial charge >= 0.3 is 13.5 Å². The van der Waals surface area contributed by atoms with E-state index in [-0.39, 0.29) is 5.02 Å². The molecule has 0 aromatic heterocycles. The maximum Gasteiger partial charge on any atom is 0.483 e. The Hall–Kier alpha value is -1.11. The summed E-state index contributed by atoms with van der Waals surface area (Å²) in [4.78, 5) is 47.0. The molecule has 0 saturated carbocycles. The van der Waals surface area contributed by atoms with Crippen molar-refractivity contribution in [3.63, 3.8) is 0 Å². The van der Waals surface area contributed by atoms with Gasteiger partial charge < -0.3 is 0 Å². The van der Waals surface area contributed by atoms with Gasteiger partial charge in [-0.2, -0.15) is 14.7 Å². The van der Waals surface area contributed by atoms with E-state index in [1.54, 1.807) is 0 Å². The second kappa shape index (κ2) is 4.40. The fourth-order valence-corrected chi connectivity index (χ4v) is 1.63. The third-order valence-corrected chi connectivity index (χ3v) is 2.79. The number of carbonyl (C=O) groups is 1. The first-order valence-electron chi connectivity index (χ1n) is 3.79. The summed E-state index contributed by atoms with van der Waals surface area (Å²) in [6, 6.07) is 2.87. The molecule has 0 atom stereocenters. The van der Waals surface area contributed by atoms with Crippen molar-refractivity contribution in [2.24, 2.45) is 0 Å². The number of carbonyl (C=O) groups excluding carboxylic acids is 1. The van der Waals surface area contributed by atoms with Crippen LogP contribution in [-0.4, -0.2) is 25.1 Å². The maximum atomic E-state index is 11.2. The number of nitro groups is 1. The highest BCUT2D eigenvalue weighted by molar-refractivity contribution is 7.76. The van der Waals surface area contributed by atoms with Crippen LogP contribution < -0.4 is 0 Å². The molecule has 0 saturated heterocycles. The predicted octanol–water partition coefficient (Wildman–Crippen LogP) is 1.13. The lowest BCUT2D eigenvalue weighted by Gasteiger charge is -2.02. The number of nitro benzene ring substituents is 1. The van der Waals surface area contributed by atoms with E-state index in [2.05, 4.69) is 0 Å². The predicted molar refractivity (Wildman–Crippen MR) is 56.0 cm³/mol. The normalized spacial score (nSPS) is 11.2. The number of nitrogens with zero attached hydrogens (tertiary/aromatic N) is 1. The molecule has 0 heterocycles. The van der Waals surface area contributed by atoms with Gasteiger partial charge in [-0.1, -0.05) is 11.6 Å². The Morgan fingerprint density at radius 2 is 1.94 bits per heavy atom. The minimum Gasteiger partial charge on any atom is -0.258 e. The van der Waals surface area contributed by atoms with Crippen LogP contribution in [0.15, 0.2) is 18.2 Å². The van der Waals surface area contributed by atoms with Gasteiger partial charge in [0.15, 0.2) is 0 Å². The van der Waals surface area contributed by atoms with E-state index in [0.29, 0.717) is 0 Å². The molecule has 0 aliphatic rings. The van der Waals surface area contributed by atoms with Gasteiger partial charge in [0.05, 0.1) is 10.5 Å². The van der Waals surface area contributed by atoms with E-state index in [1.807, 2.05) is 0 Å². The molecule has 0 radical (unpaired) electrons. The van der Waals surface area contributed by atoms with Crippen molar-refractivity contribution in [2.75, 3.05) is 0 Å². The zero-order valence-corrected chi connectivity index (χ0v) is 9.22. The quantitative estimate of drug-likeness (QED) is 0.428. The number of halogens is 1. The van der Waals surface area contributed by atoms with Crippen LogP contribution in [0.25, 0.3) is 0 Å². The Morgan fingerprint density at radius 3 is 2.38 bits per heavy atom. The summed E-state index contributed by atoms with van der Waals surface area (Å²) in [6.45, 7) is 0. The summed E-state index contributed by atoms with van der Waals surface area (Å²) in [5.41, 5.74) is -2.31. The van der Waals surface area contributed by atoms with Crippen LogP contribution in [0.1, 0.15) is 10.4 Å². The van der Waals surface area contributed by atoms with Gasteiger partial charge in [-0.05, 0) is 12.1 Å². The molecule has 86 valence electrons. The fourth-order valence-electron chi connectivity index (χ4n) is 0.959. The van der Waals surface area contributed by atoms with Crippen LogP contribution in [0.5, 0.6) is 0 Å². The molecule has 0 spiro atoms. The van der Waals surface area contributed by atoms with Crippen LogP contribution in [0.4, 0.5) is 5.69 Å². The molecule has 7 nitrogen and oxygen atoms in total. The first-order chi connectivity index (χ1) is 7.23. The van der Waals surface area contributed by atoms with E-state index >= 15 is 0 Å². The Labute approximate surface area is 94.6 Å². The van der Waals surface area contributed by atoms with E-state index in [4.69, 9.17) is 26.3 Å². The van der Waals surface area contributed by atoms with Gasteiger partial charge in [0.1, 0.15) is 5.02 Å². The van der Waals surface area contributed by atoms with Crippen molar-refractivity contribution in [1.29, 1.82) is 0 Å². The molecule has 0 amide bonds. The van der Waals surface area contributed by atoms with Crippen molar-refractivity contribution in [3.05, 3.63) is 38.9 Å². The Morgan fingerprint density at radius 1 is 1.38 bits per heavy atom. The highest BCUT2D eigenvalue weighted by Gasteiger charge is 2.44. The highest BCUT2D eigenvalue weighted by atomic mass is 35.5. The Bertz CT molecular complexity index is 457. The van der Waals surface area contributed by atoms with E-state index in [1.165, 1.54) is 0 Å². The summed E-state index contributed by atoms with van der Waals surface area (Å²) in [7, 11) is -4.70. The fraction of sp³-hybridized carbons (Fsp3) is 0. The highest BCUT2D eigenvalue weighted by Crippen LogP contribution is 2.48.